The van der Waals surface area contributed by atoms with E-state index in [1.54, 1.807) is 0 Å². The van der Waals surface area contributed by atoms with E-state index < -0.39 is 0 Å². The fourth-order valence-electron chi connectivity index (χ4n) is 3.32. The van der Waals surface area contributed by atoms with Gasteiger partial charge in [-0.1, -0.05) is 39.8 Å². The SMILES string of the molecule is CC(C)[C@@H]1O[C@@H](c2cccc(NC(=O)C3CC3)c2)OCC1(C)C. The Kier molecular flexibility index (Phi) is 4.47. The molecule has 1 aromatic carbocycles. The lowest BCUT2D eigenvalue weighted by Gasteiger charge is -2.44. The van der Waals surface area contributed by atoms with Crippen LogP contribution in [0.1, 0.15) is 52.4 Å². The number of benzene rings is 1. The maximum Gasteiger partial charge on any atom is 0.227 e. The normalized spacial score (nSPS) is 27.0. The fraction of sp³-hybridized carbons (Fsp3) is 0.632. The zero-order chi connectivity index (χ0) is 16.6. The molecular weight excluding hydrogens is 290 g/mol. The molecule has 2 atom stereocenters. The highest BCUT2D eigenvalue weighted by Crippen LogP contribution is 2.40. The molecule has 1 aromatic rings. The maximum atomic E-state index is 11.9. The lowest BCUT2D eigenvalue weighted by molar-refractivity contribution is -0.274. The van der Waals surface area contributed by atoms with Crippen LogP contribution in [-0.2, 0) is 14.3 Å². The molecule has 23 heavy (non-hydrogen) atoms. The Morgan fingerprint density at radius 3 is 2.70 bits per heavy atom. The quantitative estimate of drug-likeness (QED) is 0.908. The van der Waals surface area contributed by atoms with Crippen molar-refractivity contribution in [1.82, 2.24) is 0 Å². The molecule has 1 saturated heterocycles. The van der Waals surface area contributed by atoms with Crippen LogP contribution in [0, 0.1) is 17.3 Å². The Labute approximate surface area is 138 Å². The van der Waals surface area contributed by atoms with E-state index in [-0.39, 0.29) is 29.6 Å². The van der Waals surface area contributed by atoms with Crippen LogP contribution in [0.3, 0.4) is 0 Å². The van der Waals surface area contributed by atoms with Crippen LogP contribution >= 0.6 is 0 Å². The van der Waals surface area contributed by atoms with E-state index in [0.29, 0.717) is 12.5 Å². The van der Waals surface area contributed by atoms with Crippen LogP contribution in [0.25, 0.3) is 0 Å². The number of hydrogen-bond donors (Lipinski definition) is 1. The minimum Gasteiger partial charge on any atom is -0.348 e. The van der Waals surface area contributed by atoms with Gasteiger partial charge in [0.05, 0.1) is 12.7 Å². The van der Waals surface area contributed by atoms with Gasteiger partial charge in [-0.3, -0.25) is 4.79 Å². The Morgan fingerprint density at radius 1 is 1.30 bits per heavy atom. The van der Waals surface area contributed by atoms with Crippen LogP contribution in [0.5, 0.6) is 0 Å². The topological polar surface area (TPSA) is 47.6 Å². The number of nitrogens with one attached hydrogen (secondary N) is 1. The average molecular weight is 317 g/mol. The van der Waals surface area contributed by atoms with Crippen molar-refractivity contribution in [3.05, 3.63) is 29.8 Å². The molecule has 1 N–H and O–H groups in total. The van der Waals surface area contributed by atoms with Gasteiger partial charge >= 0.3 is 0 Å². The molecule has 0 aromatic heterocycles. The van der Waals surface area contributed by atoms with E-state index >= 15 is 0 Å². The second-order valence-electron chi connectivity index (χ2n) is 7.82. The predicted molar refractivity (Wildman–Crippen MR) is 90.0 cm³/mol. The number of anilines is 1. The molecule has 1 aliphatic carbocycles. The van der Waals surface area contributed by atoms with Crippen LogP contribution in [-0.4, -0.2) is 18.6 Å². The fourth-order valence-corrected chi connectivity index (χ4v) is 3.32. The van der Waals surface area contributed by atoms with Gasteiger partial charge in [0, 0.05) is 22.6 Å². The summed E-state index contributed by atoms with van der Waals surface area (Å²) >= 11 is 0. The van der Waals surface area contributed by atoms with Crippen molar-refractivity contribution in [2.75, 3.05) is 11.9 Å². The molecule has 3 rings (SSSR count). The summed E-state index contributed by atoms with van der Waals surface area (Å²) in [4.78, 5) is 11.9. The van der Waals surface area contributed by atoms with Gasteiger partial charge in [0.1, 0.15) is 0 Å². The molecule has 1 aliphatic heterocycles. The van der Waals surface area contributed by atoms with Crippen molar-refractivity contribution in [2.24, 2.45) is 17.3 Å². The first-order valence-electron chi connectivity index (χ1n) is 8.55. The molecule has 2 aliphatic rings. The Morgan fingerprint density at radius 2 is 2.04 bits per heavy atom. The molecule has 1 amide bonds. The van der Waals surface area contributed by atoms with Crippen molar-refractivity contribution in [2.45, 2.75) is 52.9 Å². The highest BCUT2D eigenvalue weighted by atomic mass is 16.7. The molecule has 4 heteroatoms. The summed E-state index contributed by atoms with van der Waals surface area (Å²) in [7, 11) is 0. The van der Waals surface area contributed by atoms with Gasteiger partial charge in [-0.2, -0.15) is 0 Å². The number of carbonyl (C=O) groups excluding carboxylic acids is 1. The van der Waals surface area contributed by atoms with Gasteiger partial charge in [0.2, 0.25) is 5.91 Å². The molecule has 0 radical (unpaired) electrons. The monoisotopic (exact) mass is 317 g/mol. The molecule has 4 nitrogen and oxygen atoms in total. The van der Waals surface area contributed by atoms with Gasteiger partial charge in [0.15, 0.2) is 6.29 Å². The second kappa shape index (κ2) is 6.25. The lowest BCUT2D eigenvalue weighted by Crippen LogP contribution is -2.45. The van der Waals surface area contributed by atoms with Gasteiger partial charge in [-0.05, 0) is 30.9 Å². The van der Waals surface area contributed by atoms with E-state index in [4.69, 9.17) is 9.47 Å². The van der Waals surface area contributed by atoms with E-state index in [9.17, 15) is 4.79 Å². The van der Waals surface area contributed by atoms with E-state index in [0.717, 1.165) is 24.1 Å². The molecule has 2 fully saturated rings. The second-order valence-corrected chi connectivity index (χ2v) is 7.82. The minimum absolute atomic E-state index is 0.00245. The van der Waals surface area contributed by atoms with E-state index in [1.807, 2.05) is 24.3 Å². The molecule has 0 spiro atoms. The highest BCUT2D eigenvalue weighted by molar-refractivity contribution is 5.94. The smallest absolute Gasteiger partial charge is 0.227 e. The van der Waals surface area contributed by atoms with Crippen molar-refractivity contribution in [3.63, 3.8) is 0 Å². The molecule has 0 unspecified atom stereocenters. The van der Waals surface area contributed by atoms with Gasteiger partial charge < -0.3 is 14.8 Å². The third-order valence-corrected chi connectivity index (χ3v) is 4.63. The first kappa shape index (κ1) is 16.5. The summed E-state index contributed by atoms with van der Waals surface area (Å²) in [5.41, 5.74) is 1.78. The lowest BCUT2D eigenvalue weighted by atomic mass is 9.80. The Balaban J connectivity index is 1.72. The van der Waals surface area contributed by atoms with Crippen LogP contribution in [0.2, 0.25) is 0 Å². The number of carbonyl (C=O) groups is 1. The summed E-state index contributed by atoms with van der Waals surface area (Å²) < 4.78 is 12.2. The van der Waals surface area contributed by atoms with E-state index in [2.05, 4.69) is 33.0 Å². The first-order valence-corrected chi connectivity index (χ1v) is 8.55. The molecule has 1 heterocycles. The van der Waals surface area contributed by atoms with Crippen LogP contribution in [0.15, 0.2) is 24.3 Å². The number of amides is 1. The summed E-state index contributed by atoms with van der Waals surface area (Å²) in [5, 5.41) is 2.98. The largest absolute Gasteiger partial charge is 0.348 e. The van der Waals surface area contributed by atoms with Gasteiger partial charge in [0.25, 0.3) is 0 Å². The van der Waals surface area contributed by atoms with Crippen molar-refractivity contribution in [3.8, 4) is 0 Å². The summed E-state index contributed by atoms with van der Waals surface area (Å²) in [6, 6.07) is 7.80. The number of rotatable bonds is 4. The van der Waals surface area contributed by atoms with Crippen LogP contribution < -0.4 is 5.32 Å². The minimum atomic E-state index is -0.367. The van der Waals surface area contributed by atoms with Crippen molar-refractivity contribution < 1.29 is 14.3 Å². The average Bonchev–Trinajstić information content (AvgIpc) is 3.31. The van der Waals surface area contributed by atoms with Crippen molar-refractivity contribution in [1.29, 1.82) is 0 Å². The standard InChI is InChI=1S/C19H27NO3/c1-12(2)16-19(3,4)11-22-18(23-16)14-6-5-7-15(10-14)20-17(21)13-8-9-13/h5-7,10,12-13,16,18H,8-9,11H2,1-4H3,(H,20,21)/t16-,18-/m0/s1. The van der Waals surface area contributed by atoms with Gasteiger partial charge in [-0.15, -0.1) is 0 Å². The zero-order valence-corrected chi connectivity index (χ0v) is 14.5. The molecular formula is C19H27NO3. The third-order valence-electron chi connectivity index (χ3n) is 4.63. The summed E-state index contributed by atoms with van der Waals surface area (Å²) in [6.45, 7) is 9.39. The highest BCUT2D eigenvalue weighted by Gasteiger charge is 2.40. The summed E-state index contributed by atoms with van der Waals surface area (Å²) in [5.74, 6) is 0.745. The Bertz CT molecular complexity index is 578. The number of hydrogen-bond acceptors (Lipinski definition) is 3. The molecule has 1 saturated carbocycles. The van der Waals surface area contributed by atoms with Crippen molar-refractivity contribution >= 4 is 11.6 Å². The summed E-state index contributed by atoms with van der Waals surface area (Å²) in [6.07, 6.45) is 1.79. The molecule has 0 bridgehead atoms. The third kappa shape index (κ3) is 3.75. The number of ether oxygens (including phenoxy) is 2. The van der Waals surface area contributed by atoms with Gasteiger partial charge in [-0.25, -0.2) is 0 Å². The zero-order valence-electron chi connectivity index (χ0n) is 14.5. The van der Waals surface area contributed by atoms with E-state index in [1.165, 1.54) is 0 Å². The maximum absolute atomic E-state index is 11.9. The first-order chi connectivity index (χ1) is 10.9. The Hall–Kier alpha value is -1.39. The predicted octanol–water partition coefficient (Wildman–Crippen LogP) is 4.13. The van der Waals surface area contributed by atoms with Crippen LogP contribution in [0.4, 0.5) is 5.69 Å². The molecule has 126 valence electrons.